The standard InChI is InChI=1S/C39H47FN4O8Si/c1-22-35(53(4,5)40)33(18-34(48)43-20-27-11-7-6-10-26(27)16-30(43)21-45)52-39(22)31-17-29(42-37(50)24(3)47)13-14-32(31)44(38(39)51)19-25-9-8-12-28(15-25)41-36(49)23(2)46/h6-15,17,22-24,30,33,35,45-47H,16,18-21H2,1-5H3,(H,41,49)(H,42,50)/t22-,23-,24-,30-,33+,35-,39+/m0/s1. The Morgan fingerprint density at radius 2 is 1.60 bits per heavy atom. The van der Waals surface area contributed by atoms with E-state index in [9.17, 15) is 34.5 Å². The number of fused-ring (bicyclic) bond motifs is 3. The van der Waals surface area contributed by atoms with Crippen LogP contribution in [0.1, 0.15) is 49.4 Å². The van der Waals surface area contributed by atoms with Crippen molar-refractivity contribution in [1.29, 1.82) is 0 Å². The number of nitrogens with one attached hydrogen (secondary N) is 2. The van der Waals surface area contributed by atoms with E-state index < -0.39 is 67.5 Å². The van der Waals surface area contributed by atoms with E-state index >= 15 is 4.11 Å². The molecule has 6 rings (SSSR count). The van der Waals surface area contributed by atoms with Crippen LogP contribution in [0.5, 0.6) is 0 Å². The topological polar surface area (TPSA) is 169 Å². The summed E-state index contributed by atoms with van der Waals surface area (Å²) >= 11 is 0. The van der Waals surface area contributed by atoms with Crippen LogP contribution in [-0.2, 0) is 49.0 Å². The predicted octanol–water partition coefficient (Wildman–Crippen LogP) is 3.98. The second-order valence-electron chi connectivity index (χ2n) is 15.0. The fourth-order valence-corrected chi connectivity index (χ4v) is 10.7. The minimum Gasteiger partial charge on any atom is -0.394 e. The summed E-state index contributed by atoms with van der Waals surface area (Å²) in [6, 6.07) is 19.0. The lowest BCUT2D eigenvalue weighted by Crippen LogP contribution is -2.48. The zero-order chi connectivity index (χ0) is 38.4. The first-order valence-electron chi connectivity index (χ1n) is 17.9. The van der Waals surface area contributed by atoms with E-state index in [-0.39, 0.29) is 32.0 Å². The Balaban J connectivity index is 1.38. The van der Waals surface area contributed by atoms with Crippen molar-refractivity contribution < 1.29 is 43.3 Å². The molecule has 0 unspecified atom stereocenters. The highest BCUT2D eigenvalue weighted by molar-refractivity contribution is 6.72. The maximum Gasteiger partial charge on any atom is 0.264 e. The van der Waals surface area contributed by atoms with Crippen LogP contribution in [0.4, 0.5) is 21.2 Å². The van der Waals surface area contributed by atoms with Crippen LogP contribution in [0.2, 0.25) is 18.6 Å². The van der Waals surface area contributed by atoms with Crippen molar-refractivity contribution in [2.75, 3.05) is 22.1 Å². The molecule has 0 aromatic heterocycles. The van der Waals surface area contributed by atoms with Crippen molar-refractivity contribution in [2.24, 2.45) is 5.92 Å². The fourth-order valence-electron chi connectivity index (χ4n) is 8.24. The molecular formula is C39H47FN4O8Si. The van der Waals surface area contributed by atoms with Gasteiger partial charge in [0.25, 0.3) is 17.7 Å². The van der Waals surface area contributed by atoms with Gasteiger partial charge >= 0.3 is 0 Å². The Morgan fingerprint density at radius 3 is 2.23 bits per heavy atom. The van der Waals surface area contributed by atoms with E-state index in [0.717, 1.165) is 11.1 Å². The molecular weight excluding hydrogens is 700 g/mol. The first-order valence-corrected chi connectivity index (χ1v) is 20.9. The number of amides is 4. The third-order valence-electron chi connectivity index (χ3n) is 10.8. The molecule has 53 heavy (non-hydrogen) atoms. The number of carbonyl (C=O) groups excluding carboxylic acids is 4. The summed E-state index contributed by atoms with van der Waals surface area (Å²) < 4.78 is 23.4. The maximum absolute atomic E-state index is 16.6. The SMILES string of the molecule is C[C@H](O)C(=O)Nc1cccc(CN2C(=O)[C@]3(O[C@H](CC(=O)N4Cc5ccccc5C[C@H]4CO)[C@@H]([Si](C)(C)F)[C@@H]3C)c3cc(NC(=O)[C@H](C)O)ccc32)c1. The summed E-state index contributed by atoms with van der Waals surface area (Å²) in [6.07, 6.45) is -3.25. The number of hydrogen-bond donors (Lipinski definition) is 5. The maximum atomic E-state index is 16.6. The number of rotatable bonds is 10. The molecule has 12 nitrogen and oxygen atoms in total. The smallest absolute Gasteiger partial charge is 0.264 e. The predicted molar refractivity (Wildman–Crippen MR) is 199 cm³/mol. The molecule has 0 aliphatic carbocycles. The van der Waals surface area contributed by atoms with Gasteiger partial charge in [0, 0.05) is 34.9 Å². The van der Waals surface area contributed by atoms with Crippen LogP contribution < -0.4 is 15.5 Å². The van der Waals surface area contributed by atoms with Gasteiger partial charge in [-0.15, -0.1) is 0 Å². The monoisotopic (exact) mass is 746 g/mol. The molecule has 3 heterocycles. The summed E-state index contributed by atoms with van der Waals surface area (Å²) in [5.74, 6) is -2.76. The lowest BCUT2D eigenvalue weighted by molar-refractivity contribution is -0.151. The van der Waals surface area contributed by atoms with E-state index in [4.69, 9.17) is 4.74 Å². The first-order chi connectivity index (χ1) is 25.0. The van der Waals surface area contributed by atoms with Crippen LogP contribution in [0.25, 0.3) is 0 Å². The zero-order valence-electron chi connectivity index (χ0n) is 30.5. The second-order valence-corrected chi connectivity index (χ2v) is 18.8. The Labute approximate surface area is 309 Å². The number of carbonyl (C=O) groups is 4. The molecule has 0 bridgehead atoms. The quantitative estimate of drug-likeness (QED) is 0.153. The van der Waals surface area contributed by atoms with E-state index in [2.05, 4.69) is 10.6 Å². The number of nitrogens with zero attached hydrogens (tertiary/aromatic N) is 2. The molecule has 0 radical (unpaired) electrons. The highest BCUT2D eigenvalue weighted by Crippen LogP contribution is 2.60. The van der Waals surface area contributed by atoms with Gasteiger partial charge < -0.3 is 44.6 Å². The van der Waals surface area contributed by atoms with Crippen molar-refractivity contribution in [3.05, 3.63) is 89.0 Å². The van der Waals surface area contributed by atoms with Gasteiger partial charge in [0.2, 0.25) is 14.3 Å². The molecule has 1 fully saturated rings. The van der Waals surface area contributed by atoms with Crippen molar-refractivity contribution >= 4 is 49.1 Å². The molecule has 4 amide bonds. The highest BCUT2D eigenvalue weighted by atomic mass is 28.4. The summed E-state index contributed by atoms with van der Waals surface area (Å²) in [4.78, 5) is 57.0. The van der Waals surface area contributed by atoms with Crippen molar-refractivity contribution in [2.45, 2.75) is 95.3 Å². The lowest BCUT2D eigenvalue weighted by Gasteiger charge is -2.37. The van der Waals surface area contributed by atoms with Crippen molar-refractivity contribution in [3.63, 3.8) is 0 Å². The molecule has 3 aliphatic rings. The number of benzene rings is 3. The van der Waals surface area contributed by atoms with E-state index in [1.165, 1.54) is 18.7 Å². The van der Waals surface area contributed by atoms with Gasteiger partial charge in [0.1, 0.15) is 12.2 Å². The van der Waals surface area contributed by atoms with Crippen LogP contribution in [-0.4, -0.2) is 83.2 Å². The largest absolute Gasteiger partial charge is 0.394 e. The molecule has 3 aliphatic heterocycles. The average molecular weight is 747 g/mol. The minimum absolute atomic E-state index is 0.0392. The highest BCUT2D eigenvalue weighted by Gasteiger charge is 2.67. The molecule has 5 N–H and O–H groups in total. The van der Waals surface area contributed by atoms with E-state index in [1.54, 1.807) is 67.4 Å². The van der Waals surface area contributed by atoms with E-state index in [0.29, 0.717) is 34.6 Å². The van der Waals surface area contributed by atoms with Crippen LogP contribution >= 0.6 is 0 Å². The summed E-state index contributed by atoms with van der Waals surface area (Å²) in [7, 11) is -3.66. The van der Waals surface area contributed by atoms with Crippen molar-refractivity contribution in [1.82, 2.24) is 4.90 Å². The van der Waals surface area contributed by atoms with Crippen molar-refractivity contribution in [3.8, 4) is 0 Å². The Kier molecular flexibility index (Phi) is 10.6. The molecule has 14 heteroatoms. The normalized spacial score (nSPS) is 24.8. The molecule has 3 aromatic rings. The van der Waals surface area contributed by atoms with Crippen LogP contribution in [0, 0.1) is 5.92 Å². The van der Waals surface area contributed by atoms with Gasteiger partial charge in [-0.3, -0.25) is 19.2 Å². The molecule has 0 saturated carbocycles. The fraction of sp³-hybridized carbons (Fsp3) is 0.436. The van der Waals surface area contributed by atoms with Gasteiger partial charge in [0.05, 0.1) is 37.4 Å². The van der Waals surface area contributed by atoms with Gasteiger partial charge in [0.15, 0.2) is 5.60 Å². The Bertz CT molecular complexity index is 1920. The molecule has 1 saturated heterocycles. The number of halogens is 1. The number of anilines is 3. The number of aliphatic hydroxyl groups is 3. The van der Waals surface area contributed by atoms with Crippen LogP contribution in [0.15, 0.2) is 66.7 Å². The van der Waals surface area contributed by atoms with Gasteiger partial charge in [-0.05, 0) is 80.4 Å². The summed E-state index contributed by atoms with van der Waals surface area (Å²) in [5, 5.41) is 35.2. The van der Waals surface area contributed by atoms with Gasteiger partial charge in [-0.1, -0.05) is 43.3 Å². The Hall–Kier alpha value is -4.47. The third kappa shape index (κ3) is 7.25. The first kappa shape index (κ1) is 38.3. The molecule has 7 atom stereocenters. The second kappa shape index (κ2) is 14.7. The van der Waals surface area contributed by atoms with Crippen LogP contribution in [0.3, 0.4) is 0 Å². The third-order valence-corrected chi connectivity index (χ3v) is 13.2. The minimum atomic E-state index is -3.66. The lowest BCUT2D eigenvalue weighted by atomic mass is 9.82. The number of ether oxygens (including phenoxy) is 1. The Morgan fingerprint density at radius 1 is 0.962 bits per heavy atom. The molecule has 282 valence electrons. The summed E-state index contributed by atoms with van der Waals surface area (Å²) in [5.41, 5.74) is 1.73. The summed E-state index contributed by atoms with van der Waals surface area (Å²) in [6.45, 7) is 7.63. The van der Waals surface area contributed by atoms with E-state index in [1.807, 2.05) is 24.3 Å². The zero-order valence-corrected chi connectivity index (χ0v) is 31.5. The van der Waals surface area contributed by atoms with Gasteiger partial charge in [-0.25, -0.2) is 0 Å². The number of aliphatic hydroxyl groups excluding tert-OH is 3. The molecule has 3 aromatic carbocycles. The van der Waals surface area contributed by atoms with Gasteiger partial charge in [-0.2, -0.15) is 0 Å². The number of hydrogen-bond acceptors (Lipinski definition) is 8. The molecule has 1 spiro atoms. The average Bonchev–Trinajstić information content (AvgIpc) is 3.53.